The van der Waals surface area contributed by atoms with Crippen LogP contribution in [0.3, 0.4) is 0 Å². The van der Waals surface area contributed by atoms with E-state index in [0.29, 0.717) is 6.61 Å². The van der Waals surface area contributed by atoms with Gasteiger partial charge < -0.3 is 15.2 Å². The van der Waals surface area contributed by atoms with Gasteiger partial charge in [0.05, 0.1) is 12.6 Å². The molecule has 0 saturated heterocycles. The SMILES string of the molecule is CCCCc1ccc(OCC(CO)NC)cc1. The Morgan fingerprint density at radius 2 is 2.00 bits per heavy atom. The summed E-state index contributed by atoms with van der Waals surface area (Å²) in [4.78, 5) is 0. The van der Waals surface area contributed by atoms with Crippen molar-refractivity contribution in [3.63, 3.8) is 0 Å². The van der Waals surface area contributed by atoms with E-state index in [1.165, 1.54) is 18.4 Å². The summed E-state index contributed by atoms with van der Waals surface area (Å²) >= 11 is 0. The Hall–Kier alpha value is -1.06. The molecule has 0 aliphatic rings. The van der Waals surface area contributed by atoms with Crippen molar-refractivity contribution in [2.75, 3.05) is 20.3 Å². The standard InChI is InChI=1S/C14H23NO2/c1-3-4-5-12-6-8-14(9-7-12)17-11-13(10-16)15-2/h6-9,13,15-16H,3-5,10-11H2,1-2H3. The van der Waals surface area contributed by atoms with Crippen molar-refractivity contribution in [3.8, 4) is 5.75 Å². The summed E-state index contributed by atoms with van der Waals surface area (Å²) in [6.07, 6.45) is 3.58. The lowest BCUT2D eigenvalue weighted by atomic mass is 10.1. The average Bonchev–Trinajstić information content (AvgIpc) is 2.39. The topological polar surface area (TPSA) is 41.5 Å². The molecule has 0 aromatic heterocycles. The highest BCUT2D eigenvalue weighted by atomic mass is 16.5. The van der Waals surface area contributed by atoms with E-state index in [0.717, 1.165) is 12.2 Å². The van der Waals surface area contributed by atoms with Crippen molar-refractivity contribution >= 4 is 0 Å². The highest BCUT2D eigenvalue weighted by Crippen LogP contribution is 2.14. The van der Waals surface area contributed by atoms with Crippen molar-refractivity contribution < 1.29 is 9.84 Å². The van der Waals surface area contributed by atoms with E-state index < -0.39 is 0 Å². The van der Waals surface area contributed by atoms with Crippen LogP contribution in [0.25, 0.3) is 0 Å². The molecule has 0 spiro atoms. The third kappa shape index (κ3) is 5.20. The van der Waals surface area contributed by atoms with Crippen LogP contribution in [0.1, 0.15) is 25.3 Å². The fraction of sp³-hybridized carbons (Fsp3) is 0.571. The summed E-state index contributed by atoms with van der Waals surface area (Å²) in [5.41, 5.74) is 1.35. The fourth-order valence-electron chi connectivity index (χ4n) is 1.56. The number of aryl methyl sites for hydroxylation is 1. The minimum Gasteiger partial charge on any atom is -0.492 e. The second-order valence-electron chi connectivity index (χ2n) is 4.23. The molecule has 0 fully saturated rings. The first-order valence-corrected chi connectivity index (χ1v) is 6.30. The number of hydrogen-bond acceptors (Lipinski definition) is 3. The van der Waals surface area contributed by atoms with Crippen LogP contribution in [0.5, 0.6) is 5.75 Å². The van der Waals surface area contributed by atoms with Crippen LogP contribution in [0, 0.1) is 0 Å². The first-order valence-electron chi connectivity index (χ1n) is 6.30. The molecule has 1 rings (SSSR count). The lowest BCUT2D eigenvalue weighted by Crippen LogP contribution is -2.34. The molecule has 17 heavy (non-hydrogen) atoms. The van der Waals surface area contributed by atoms with Crippen LogP contribution in [0.15, 0.2) is 24.3 Å². The molecule has 1 aromatic rings. The third-order valence-corrected chi connectivity index (χ3v) is 2.82. The number of aliphatic hydroxyl groups is 1. The maximum absolute atomic E-state index is 9.00. The fourth-order valence-corrected chi connectivity index (χ4v) is 1.56. The van der Waals surface area contributed by atoms with Gasteiger partial charge in [0.15, 0.2) is 0 Å². The Bertz CT molecular complexity index is 294. The second kappa shape index (κ2) is 8.09. The number of nitrogens with one attached hydrogen (secondary N) is 1. The van der Waals surface area contributed by atoms with Crippen molar-refractivity contribution in [2.24, 2.45) is 0 Å². The zero-order valence-corrected chi connectivity index (χ0v) is 10.8. The summed E-state index contributed by atoms with van der Waals surface area (Å²) in [7, 11) is 1.82. The molecule has 3 nitrogen and oxygen atoms in total. The lowest BCUT2D eigenvalue weighted by Gasteiger charge is -2.14. The monoisotopic (exact) mass is 237 g/mol. The summed E-state index contributed by atoms with van der Waals surface area (Å²) in [5.74, 6) is 0.860. The molecule has 0 amide bonds. The zero-order chi connectivity index (χ0) is 12.5. The molecule has 96 valence electrons. The number of rotatable bonds is 8. The van der Waals surface area contributed by atoms with E-state index in [2.05, 4.69) is 24.4 Å². The van der Waals surface area contributed by atoms with Crippen molar-refractivity contribution in [1.29, 1.82) is 0 Å². The Balaban J connectivity index is 2.39. The molecule has 3 heteroatoms. The molecule has 1 atom stereocenters. The van der Waals surface area contributed by atoms with Gasteiger partial charge in [-0.25, -0.2) is 0 Å². The number of ether oxygens (including phenoxy) is 1. The van der Waals surface area contributed by atoms with E-state index in [9.17, 15) is 0 Å². The van der Waals surface area contributed by atoms with Crippen LogP contribution in [0.2, 0.25) is 0 Å². The van der Waals surface area contributed by atoms with E-state index >= 15 is 0 Å². The van der Waals surface area contributed by atoms with E-state index in [4.69, 9.17) is 9.84 Å². The van der Waals surface area contributed by atoms with Gasteiger partial charge in [-0.05, 0) is 37.6 Å². The van der Waals surface area contributed by atoms with Gasteiger partial charge in [-0.15, -0.1) is 0 Å². The van der Waals surface area contributed by atoms with Crippen LogP contribution < -0.4 is 10.1 Å². The molecule has 0 bridgehead atoms. The van der Waals surface area contributed by atoms with Crippen LogP contribution in [-0.4, -0.2) is 31.4 Å². The number of unbranched alkanes of at least 4 members (excludes halogenated alkanes) is 1. The quantitative estimate of drug-likeness (QED) is 0.726. The minimum absolute atomic E-state index is 0.00484. The zero-order valence-electron chi connectivity index (χ0n) is 10.8. The van der Waals surface area contributed by atoms with Gasteiger partial charge in [-0.1, -0.05) is 25.5 Å². The highest BCUT2D eigenvalue weighted by Gasteiger charge is 2.04. The van der Waals surface area contributed by atoms with E-state index in [1.807, 2.05) is 19.2 Å². The lowest BCUT2D eigenvalue weighted by molar-refractivity contribution is 0.189. The molecule has 0 saturated carbocycles. The molecular weight excluding hydrogens is 214 g/mol. The predicted molar refractivity (Wildman–Crippen MR) is 70.5 cm³/mol. The highest BCUT2D eigenvalue weighted by molar-refractivity contribution is 5.27. The Kier molecular flexibility index (Phi) is 6.67. The van der Waals surface area contributed by atoms with E-state index in [-0.39, 0.29) is 12.6 Å². The Morgan fingerprint density at radius 3 is 2.53 bits per heavy atom. The number of benzene rings is 1. The first-order chi connectivity index (χ1) is 8.30. The maximum Gasteiger partial charge on any atom is 0.119 e. The van der Waals surface area contributed by atoms with Gasteiger partial charge in [-0.2, -0.15) is 0 Å². The van der Waals surface area contributed by atoms with Gasteiger partial charge >= 0.3 is 0 Å². The summed E-state index contributed by atoms with van der Waals surface area (Å²) in [6, 6.07) is 8.20. The molecule has 0 radical (unpaired) electrons. The van der Waals surface area contributed by atoms with Gasteiger partial charge in [0.25, 0.3) is 0 Å². The van der Waals surface area contributed by atoms with Gasteiger partial charge in [0, 0.05) is 0 Å². The summed E-state index contributed by atoms with van der Waals surface area (Å²) < 4.78 is 5.59. The first kappa shape index (κ1) is 14.0. The van der Waals surface area contributed by atoms with Crippen LogP contribution in [-0.2, 0) is 6.42 Å². The second-order valence-corrected chi connectivity index (χ2v) is 4.23. The van der Waals surface area contributed by atoms with Crippen LogP contribution >= 0.6 is 0 Å². The summed E-state index contributed by atoms with van der Waals surface area (Å²) in [6.45, 7) is 2.77. The molecule has 2 N–H and O–H groups in total. The van der Waals surface area contributed by atoms with Crippen molar-refractivity contribution in [1.82, 2.24) is 5.32 Å². The molecule has 1 unspecified atom stereocenters. The maximum atomic E-state index is 9.00. The molecular formula is C14H23NO2. The van der Waals surface area contributed by atoms with Crippen molar-refractivity contribution in [3.05, 3.63) is 29.8 Å². The Morgan fingerprint density at radius 1 is 1.29 bits per heavy atom. The average molecular weight is 237 g/mol. The minimum atomic E-state index is -0.00484. The van der Waals surface area contributed by atoms with Crippen LogP contribution in [0.4, 0.5) is 0 Å². The number of likely N-dealkylation sites (N-methyl/N-ethyl adjacent to an activating group) is 1. The summed E-state index contributed by atoms with van der Waals surface area (Å²) in [5, 5.41) is 12.0. The van der Waals surface area contributed by atoms with Crippen molar-refractivity contribution in [2.45, 2.75) is 32.2 Å². The molecule has 1 aromatic carbocycles. The smallest absolute Gasteiger partial charge is 0.119 e. The molecule has 0 aliphatic carbocycles. The largest absolute Gasteiger partial charge is 0.492 e. The molecule has 0 heterocycles. The van der Waals surface area contributed by atoms with Gasteiger partial charge in [0.2, 0.25) is 0 Å². The predicted octanol–water partition coefficient (Wildman–Crippen LogP) is 1.99. The van der Waals surface area contributed by atoms with Gasteiger partial charge in [-0.3, -0.25) is 0 Å². The number of hydrogen-bond donors (Lipinski definition) is 2. The Labute approximate surface area is 104 Å². The van der Waals surface area contributed by atoms with E-state index in [1.54, 1.807) is 0 Å². The number of aliphatic hydroxyl groups excluding tert-OH is 1. The normalized spacial score (nSPS) is 12.4. The van der Waals surface area contributed by atoms with Gasteiger partial charge in [0.1, 0.15) is 12.4 Å². The third-order valence-electron chi connectivity index (χ3n) is 2.82. The molecule has 0 aliphatic heterocycles.